The Morgan fingerprint density at radius 3 is 2.59 bits per heavy atom. The van der Waals surface area contributed by atoms with Gasteiger partial charge in [-0.3, -0.25) is 4.79 Å². The molecule has 2 N–H and O–H groups in total. The molecule has 0 aliphatic rings. The van der Waals surface area contributed by atoms with E-state index in [0.29, 0.717) is 12.8 Å². The number of unbranched alkanes of at least 4 members (excludes halogenated alkanes) is 4. The second kappa shape index (κ2) is 11.8. The van der Waals surface area contributed by atoms with Gasteiger partial charge in [-0.1, -0.05) is 32.6 Å². The van der Waals surface area contributed by atoms with Crippen LogP contribution in [0.15, 0.2) is 0 Å². The summed E-state index contributed by atoms with van der Waals surface area (Å²) >= 11 is 1.76. The first kappa shape index (κ1) is 16.3. The zero-order valence-electron chi connectivity index (χ0n) is 10.5. The van der Waals surface area contributed by atoms with Crippen molar-refractivity contribution in [2.45, 2.75) is 51.5 Å². The Balaban J connectivity index is 3.36. The Bertz CT molecular complexity index is 212. The third-order valence-corrected chi connectivity index (χ3v) is 3.61. The van der Waals surface area contributed by atoms with E-state index in [0.717, 1.165) is 11.5 Å². The van der Waals surface area contributed by atoms with Crippen molar-refractivity contribution in [1.29, 1.82) is 0 Å². The molecule has 4 nitrogen and oxygen atoms in total. The van der Waals surface area contributed by atoms with Crippen molar-refractivity contribution in [2.75, 3.05) is 11.5 Å². The van der Waals surface area contributed by atoms with Gasteiger partial charge in [-0.15, -0.1) is 0 Å². The predicted molar refractivity (Wildman–Crippen MR) is 71.3 cm³/mol. The van der Waals surface area contributed by atoms with Crippen molar-refractivity contribution in [1.82, 2.24) is 5.32 Å². The van der Waals surface area contributed by atoms with Gasteiger partial charge in [0.1, 0.15) is 6.04 Å². The fraction of sp³-hybridized carbons (Fsp3) is 0.833. The van der Waals surface area contributed by atoms with E-state index in [2.05, 4.69) is 12.2 Å². The summed E-state index contributed by atoms with van der Waals surface area (Å²) in [5.74, 6) is 0.906. The molecule has 0 aromatic carbocycles. The van der Waals surface area contributed by atoms with Crippen LogP contribution in [0.2, 0.25) is 0 Å². The highest BCUT2D eigenvalue weighted by atomic mass is 32.2. The van der Waals surface area contributed by atoms with Gasteiger partial charge in [0.15, 0.2) is 0 Å². The summed E-state index contributed by atoms with van der Waals surface area (Å²) in [5.41, 5.74) is 0. The number of aliphatic carboxylic acids is 1. The Hall–Kier alpha value is -0.710. The number of carbonyl (C=O) groups is 2. The average Bonchev–Trinajstić information content (AvgIpc) is 2.31. The lowest BCUT2D eigenvalue weighted by Crippen LogP contribution is -2.36. The van der Waals surface area contributed by atoms with Gasteiger partial charge in [0.05, 0.1) is 0 Å². The van der Waals surface area contributed by atoms with Crippen LogP contribution in [0.1, 0.15) is 45.4 Å². The van der Waals surface area contributed by atoms with E-state index in [4.69, 9.17) is 5.11 Å². The fourth-order valence-electron chi connectivity index (χ4n) is 1.47. The molecule has 0 aromatic heterocycles. The van der Waals surface area contributed by atoms with Crippen molar-refractivity contribution >= 4 is 24.1 Å². The first-order valence-corrected chi connectivity index (χ1v) is 7.38. The summed E-state index contributed by atoms with van der Waals surface area (Å²) in [6.45, 7) is 2.20. The lowest BCUT2D eigenvalue weighted by molar-refractivity contribution is -0.140. The second-order valence-corrected chi connectivity index (χ2v) is 5.22. The van der Waals surface area contributed by atoms with Crippen LogP contribution in [0.25, 0.3) is 0 Å². The smallest absolute Gasteiger partial charge is 0.326 e. The van der Waals surface area contributed by atoms with Crippen molar-refractivity contribution in [3.05, 3.63) is 0 Å². The van der Waals surface area contributed by atoms with Crippen molar-refractivity contribution in [2.24, 2.45) is 0 Å². The Labute approximate surface area is 108 Å². The molecule has 1 amide bonds. The normalized spacial score (nSPS) is 12.1. The number of hydrogen-bond donors (Lipinski definition) is 2. The quantitative estimate of drug-likeness (QED) is 0.418. The number of rotatable bonds is 12. The van der Waals surface area contributed by atoms with Crippen molar-refractivity contribution < 1.29 is 14.7 Å². The second-order valence-electron chi connectivity index (χ2n) is 3.99. The minimum Gasteiger partial charge on any atom is -0.480 e. The van der Waals surface area contributed by atoms with E-state index in [-0.39, 0.29) is 0 Å². The van der Waals surface area contributed by atoms with Crippen LogP contribution in [-0.4, -0.2) is 35.0 Å². The summed E-state index contributed by atoms with van der Waals surface area (Å²) in [6, 6.07) is -0.736. The van der Waals surface area contributed by atoms with E-state index in [9.17, 15) is 9.59 Å². The predicted octanol–water partition coefficient (Wildman–Crippen LogP) is 2.28. The zero-order valence-corrected chi connectivity index (χ0v) is 11.3. The summed E-state index contributed by atoms with van der Waals surface area (Å²) < 4.78 is 0. The molecule has 1 atom stereocenters. The van der Waals surface area contributed by atoms with Gasteiger partial charge in [-0.2, -0.15) is 11.8 Å². The number of nitrogens with one attached hydrogen (secondary N) is 1. The van der Waals surface area contributed by atoms with E-state index in [1.807, 2.05) is 0 Å². The Morgan fingerprint density at radius 1 is 1.29 bits per heavy atom. The third-order valence-electron chi connectivity index (χ3n) is 2.51. The fourth-order valence-corrected chi connectivity index (χ4v) is 2.49. The molecule has 5 heteroatoms. The highest BCUT2D eigenvalue weighted by Gasteiger charge is 2.14. The van der Waals surface area contributed by atoms with Gasteiger partial charge in [-0.25, -0.2) is 4.79 Å². The number of carboxylic acids is 1. The molecule has 0 saturated carbocycles. The number of hydrogen-bond acceptors (Lipinski definition) is 3. The van der Waals surface area contributed by atoms with Gasteiger partial charge in [-0.05, 0) is 24.3 Å². The maximum atomic E-state index is 10.7. The van der Waals surface area contributed by atoms with Gasteiger partial charge in [0.2, 0.25) is 6.41 Å². The monoisotopic (exact) mass is 261 g/mol. The minimum atomic E-state index is -0.958. The first-order chi connectivity index (χ1) is 8.22. The SMILES string of the molecule is CCCCCCCSCCC(NC=O)C(=O)O. The molecule has 1 unspecified atom stereocenters. The van der Waals surface area contributed by atoms with Gasteiger partial charge in [0, 0.05) is 0 Å². The molecule has 0 spiro atoms. The van der Waals surface area contributed by atoms with Crippen LogP contribution in [0.5, 0.6) is 0 Å². The number of carboxylic acid groups (broad SMARTS) is 1. The van der Waals surface area contributed by atoms with Gasteiger partial charge < -0.3 is 10.4 Å². The minimum absolute atomic E-state index is 0.453. The lowest BCUT2D eigenvalue weighted by Gasteiger charge is -2.10. The molecule has 0 aliphatic heterocycles. The highest BCUT2D eigenvalue weighted by molar-refractivity contribution is 7.99. The Morgan fingerprint density at radius 2 is 2.00 bits per heavy atom. The van der Waals surface area contributed by atoms with Crippen LogP contribution < -0.4 is 5.32 Å². The molecule has 0 rings (SSSR count). The molecule has 17 heavy (non-hydrogen) atoms. The van der Waals surface area contributed by atoms with Gasteiger partial charge in [0.25, 0.3) is 0 Å². The van der Waals surface area contributed by atoms with Crippen molar-refractivity contribution in [3.63, 3.8) is 0 Å². The molecule has 0 heterocycles. The summed E-state index contributed by atoms with van der Waals surface area (Å²) in [6.07, 6.45) is 7.25. The number of thioether (sulfide) groups is 1. The molecule has 0 fully saturated rings. The zero-order chi connectivity index (χ0) is 12.9. The third kappa shape index (κ3) is 10.2. The first-order valence-electron chi connectivity index (χ1n) is 6.22. The summed E-state index contributed by atoms with van der Waals surface area (Å²) in [4.78, 5) is 20.9. The molecule has 0 saturated heterocycles. The Kier molecular flexibility index (Phi) is 11.3. The molecule has 0 aromatic rings. The van der Waals surface area contributed by atoms with Crippen LogP contribution in [0, 0.1) is 0 Å². The van der Waals surface area contributed by atoms with Gasteiger partial charge >= 0.3 is 5.97 Å². The van der Waals surface area contributed by atoms with Crippen LogP contribution in [-0.2, 0) is 9.59 Å². The molecule has 100 valence electrons. The topological polar surface area (TPSA) is 66.4 Å². The van der Waals surface area contributed by atoms with Crippen molar-refractivity contribution in [3.8, 4) is 0 Å². The molecule has 0 bridgehead atoms. The largest absolute Gasteiger partial charge is 0.480 e. The highest BCUT2D eigenvalue weighted by Crippen LogP contribution is 2.10. The molecular formula is C12H23NO3S. The number of amides is 1. The average molecular weight is 261 g/mol. The van der Waals surface area contributed by atoms with E-state index in [1.54, 1.807) is 11.8 Å². The lowest BCUT2D eigenvalue weighted by atomic mass is 10.2. The van der Waals surface area contributed by atoms with Crippen LogP contribution >= 0.6 is 11.8 Å². The standard InChI is InChI=1S/C12H23NO3S/c1-2-3-4-5-6-8-17-9-7-11(12(15)16)13-10-14/h10-11H,2-9H2,1H3,(H,13,14)(H,15,16). The summed E-state index contributed by atoms with van der Waals surface area (Å²) in [5, 5.41) is 11.1. The molecule has 0 aliphatic carbocycles. The van der Waals surface area contributed by atoms with E-state index >= 15 is 0 Å². The maximum absolute atomic E-state index is 10.7. The molecular weight excluding hydrogens is 238 g/mol. The maximum Gasteiger partial charge on any atom is 0.326 e. The van der Waals surface area contributed by atoms with Crippen LogP contribution in [0.3, 0.4) is 0 Å². The van der Waals surface area contributed by atoms with E-state index < -0.39 is 12.0 Å². The van der Waals surface area contributed by atoms with Crippen LogP contribution in [0.4, 0.5) is 0 Å². The van der Waals surface area contributed by atoms with E-state index in [1.165, 1.54) is 32.1 Å². The molecule has 0 radical (unpaired) electrons. The number of carbonyl (C=O) groups excluding carboxylic acids is 1. The summed E-state index contributed by atoms with van der Waals surface area (Å²) in [7, 11) is 0.